The van der Waals surface area contributed by atoms with Crippen LogP contribution in [0.25, 0.3) is 0 Å². The van der Waals surface area contributed by atoms with Crippen LogP contribution in [0.5, 0.6) is 0 Å². The maximum Gasteiger partial charge on any atom is 0.241 e. The fraction of sp³-hybridized carbons (Fsp3) is 0.632. The molecule has 2 fully saturated rings. The minimum absolute atomic E-state index is 0.198. The van der Waals surface area contributed by atoms with E-state index in [-0.39, 0.29) is 12.5 Å². The van der Waals surface area contributed by atoms with Crippen LogP contribution in [0, 0.1) is 5.92 Å². The molecule has 0 bridgehead atoms. The molecule has 5 nitrogen and oxygen atoms in total. The molecular weight excluding hydrogens is 302 g/mol. The number of hydrogen-bond donors (Lipinski definition) is 2. The Morgan fingerprint density at radius 2 is 1.79 bits per heavy atom. The molecule has 5 heteroatoms. The minimum Gasteiger partial charge on any atom is -0.396 e. The van der Waals surface area contributed by atoms with Gasteiger partial charge >= 0.3 is 0 Å². The summed E-state index contributed by atoms with van der Waals surface area (Å²) in [7, 11) is 0. The molecule has 1 aromatic carbocycles. The van der Waals surface area contributed by atoms with Gasteiger partial charge in [0, 0.05) is 32.8 Å². The average Bonchev–Trinajstić information content (AvgIpc) is 2.67. The number of nitrogens with zero attached hydrogens (tertiary/aromatic N) is 2. The number of nitrogens with one attached hydrogen (secondary N) is 1. The summed E-state index contributed by atoms with van der Waals surface area (Å²) in [5, 5.41) is 12.6. The summed E-state index contributed by atoms with van der Waals surface area (Å²) in [6.07, 6.45) is 5.54. The van der Waals surface area contributed by atoms with Crippen LogP contribution in [-0.2, 0) is 4.79 Å². The molecule has 0 atom stereocenters. The van der Waals surface area contributed by atoms with Crippen LogP contribution in [0.15, 0.2) is 24.3 Å². The molecule has 2 N–H and O–H groups in total. The molecule has 1 aromatic rings. The number of hydrogen-bond acceptors (Lipinski definition) is 4. The van der Waals surface area contributed by atoms with Crippen molar-refractivity contribution in [3.05, 3.63) is 24.3 Å². The largest absolute Gasteiger partial charge is 0.396 e. The molecule has 0 unspecified atom stereocenters. The molecule has 3 rings (SSSR count). The average molecular weight is 331 g/mol. The predicted molar refractivity (Wildman–Crippen MR) is 97.4 cm³/mol. The molecule has 0 aliphatic carbocycles. The SMILES string of the molecule is O=C(CNc1ccccc1N1CCC(CO)CC1)N1CCCCC1. The fourth-order valence-electron chi connectivity index (χ4n) is 3.68. The zero-order valence-electron chi connectivity index (χ0n) is 14.4. The van der Waals surface area contributed by atoms with E-state index in [0.717, 1.165) is 57.5 Å². The first-order valence-electron chi connectivity index (χ1n) is 9.24. The first-order valence-corrected chi connectivity index (χ1v) is 9.24. The van der Waals surface area contributed by atoms with Gasteiger partial charge in [-0.25, -0.2) is 0 Å². The van der Waals surface area contributed by atoms with Gasteiger partial charge in [0.25, 0.3) is 0 Å². The van der Waals surface area contributed by atoms with Crippen LogP contribution in [0.4, 0.5) is 11.4 Å². The Balaban J connectivity index is 1.59. The van der Waals surface area contributed by atoms with Crippen molar-refractivity contribution in [2.45, 2.75) is 32.1 Å². The van der Waals surface area contributed by atoms with E-state index in [9.17, 15) is 9.90 Å². The second kappa shape index (κ2) is 8.38. The van der Waals surface area contributed by atoms with Gasteiger partial charge in [-0.05, 0) is 50.2 Å². The molecule has 1 amide bonds. The number of para-hydroxylation sites is 2. The number of piperidine rings is 2. The molecule has 2 saturated heterocycles. The quantitative estimate of drug-likeness (QED) is 0.869. The maximum atomic E-state index is 12.4. The number of carbonyl (C=O) groups excluding carboxylic acids is 1. The standard InChI is InChI=1S/C19H29N3O2/c23-15-16-8-12-21(13-9-16)18-7-3-2-6-17(18)20-14-19(24)22-10-4-1-5-11-22/h2-3,6-7,16,20,23H,1,4-5,8-15H2. The molecular formula is C19H29N3O2. The van der Waals surface area contributed by atoms with Crippen LogP contribution in [0.3, 0.4) is 0 Å². The minimum atomic E-state index is 0.198. The van der Waals surface area contributed by atoms with Crippen molar-refractivity contribution in [2.75, 3.05) is 49.5 Å². The van der Waals surface area contributed by atoms with Crippen molar-refractivity contribution in [1.82, 2.24) is 4.90 Å². The van der Waals surface area contributed by atoms with Crippen molar-refractivity contribution in [1.29, 1.82) is 0 Å². The molecule has 2 aliphatic rings. The number of aliphatic hydroxyl groups is 1. The normalized spacial score (nSPS) is 19.4. The zero-order chi connectivity index (χ0) is 16.8. The highest BCUT2D eigenvalue weighted by atomic mass is 16.3. The van der Waals surface area contributed by atoms with E-state index >= 15 is 0 Å². The van der Waals surface area contributed by atoms with E-state index in [2.05, 4.69) is 22.3 Å². The number of anilines is 2. The summed E-state index contributed by atoms with van der Waals surface area (Å²) in [6, 6.07) is 8.23. The summed E-state index contributed by atoms with van der Waals surface area (Å²) >= 11 is 0. The van der Waals surface area contributed by atoms with Gasteiger partial charge in [0.15, 0.2) is 0 Å². The van der Waals surface area contributed by atoms with Crippen molar-refractivity contribution in [2.24, 2.45) is 5.92 Å². The van der Waals surface area contributed by atoms with Crippen molar-refractivity contribution in [3.63, 3.8) is 0 Å². The number of aliphatic hydroxyl groups excluding tert-OH is 1. The van der Waals surface area contributed by atoms with E-state index in [1.807, 2.05) is 17.0 Å². The van der Waals surface area contributed by atoms with E-state index in [1.165, 1.54) is 12.1 Å². The molecule has 0 aromatic heterocycles. The third-order valence-electron chi connectivity index (χ3n) is 5.26. The second-order valence-corrected chi connectivity index (χ2v) is 6.93. The monoisotopic (exact) mass is 331 g/mol. The van der Waals surface area contributed by atoms with Gasteiger partial charge in [0.1, 0.15) is 0 Å². The lowest BCUT2D eigenvalue weighted by atomic mass is 9.97. The zero-order valence-corrected chi connectivity index (χ0v) is 14.4. The lowest BCUT2D eigenvalue weighted by Gasteiger charge is -2.34. The highest BCUT2D eigenvalue weighted by Crippen LogP contribution is 2.29. The van der Waals surface area contributed by atoms with Gasteiger partial charge < -0.3 is 20.2 Å². The lowest BCUT2D eigenvalue weighted by molar-refractivity contribution is -0.130. The van der Waals surface area contributed by atoms with Crippen molar-refractivity contribution < 1.29 is 9.90 Å². The molecule has 2 aliphatic heterocycles. The molecule has 132 valence electrons. The van der Waals surface area contributed by atoms with Crippen molar-refractivity contribution in [3.8, 4) is 0 Å². The van der Waals surface area contributed by atoms with E-state index in [1.54, 1.807) is 0 Å². The molecule has 0 radical (unpaired) electrons. The number of likely N-dealkylation sites (tertiary alicyclic amines) is 1. The Labute approximate surface area is 144 Å². The third-order valence-corrected chi connectivity index (χ3v) is 5.26. The Morgan fingerprint density at radius 1 is 1.08 bits per heavy atom. The van der Waals surface area contributed by atoms with Gasteiger partial charge in [-0.15, -0.1) is 0 Å². The van der Waals surface area contributed by atoms with Crippen molar-refractivity contribution >= 4 is 17.3 Å². The summed E-state index contributed by atoms with van der Waals surface area (Å²) in [6.45, 7) is 4.38. The number of amides is 1. The Kier molecular flexibility index (Phi) is 5.96. The summed E-state index contributed by atoms with van der Waals surface area (Å²) in [4.78, 5) is 16.7. The molecule has 0 saturated carbocycles. The fourth-order valence-corrected chi connectivity index (χ4v) is 3.68. The number of rotatable bonds is 5. The van der Waals surface area contributed by atoms with Crippen LogP contribution >= 0.6 is 0 Å². The number of benzene rings is 1. The van der Waals surface area contributed by atoms with Crippen LogP contribution in [-0.4, -0.2) is 55.2 Å². The Hall–Kier alpha value is -1.75. The summed E-state index contributed by atoms with van der Waals surface area (Å²) in [5.41, 5.74) is 2.20. The lowest BCUT2D eigenvalue weighted by Crippen LogP contribution is -2.39. The molecule has 2 heterocycles. The molecule has 24 heavy (non-hydrogen) atoms. The van der Waals surface area contributed by atoms with E-state index in [0.29, 0.717) is 12.5 Å². The Morgan fingerprint density at radius 3 is 2.50 bits per heavy atom. The smallest absolute Gasteiger partial charge is 0.241 e. The maximum absolute atomic E-state index is 12.4. The first-order chi connectivity index (χ1) is 11.8. The Bertz CT molecular complexity index is 535. The van der Waals surface area contributed by atoms with Gasteiger partial charge in [-0.1, -0.05) is 12.1 Å². The van der Waals surface area contributed by atoms with Gasteiger partial charge in [0.05, 0.1) is 17.9 Å². The summed E-state index contributed by atoms with van der Waals surface area (Å²) in [5.74, 6) is 0.630. The second-order valence-electron chi connectivity index (χ2n) is 6.93. The predicted octanol–water partition coefficient (Wildman–Crippen LogP) is 2.32. The van der Waals surface area contributed by atoms with E-state index < -0.39 is 0 Å². The van der Waals surface area contributed by atoms with Crippen LogP contribution in [0.2, 0.25) is 0 Å². The summed E-state index contributed by atoms with van der Waals surface area (Å²) < 4.78 is 0. The van der Waals surface area contributed by atoms with Crippen LogP contribution < -0.4 is 10.2 Å². The van der Waals surface area contributed by atoms with Gasteiger partial charge in [0.2, 0.25) is 5.91 Å². The van der Waals surface area contributed by atoms with Crippen LogP contribution in [0.1, 0.15) is 32.1 Å². The van der Waals surface area contributed by atoms with Gasteiger partial charge in [-0.2, -0.15) is 0 Å². The van der Waals surface area contributed by atoms with Gasteiger partial charge in [-0.3, -0.25) is 4.79 Å². The first kappa shape index (κ1) is 17.1. The highest BCUT2D eigenvalue weighted by Gasteiger charge is 2.21. The highest BCUT2D eigenvalue weighted by molar-refractivity contribution is 5.83. The van der Waals surface area contributed by atoms with E-state index in [4.69, 9.17) is 0 Å². The third kappa shape index (κ3) is 4.20. The molecule has 0 spiro atoms. The topological polar surface area (TPSA) is 55.8 Å². The number of carbonyl (C=O) groups is 1.